The number of benzene rings is 1. The van der Waals surface area contributed by atoms with Crippen molar-refractivity contribution in [2.45, 2.75) is 12.5 Å². The van der Waals surface area contributed by atoms with Crippen molar-refractivity contribution in [2.75, 3.05) is 39.0 Å². The van der Waals surface area contributed by atoms with Crippen LogP contribution in [-0.2, 0) is 4.79 Å². The highest BCUT2D eigenvalue weighted by Crippen LogP contribution is 2.25. The Morgan fingerprint density at radius 2 is 2.06 bits per heavy atom. The zero-order chi connectivity index (χ0) is 13.0. The molecule has 1 atom stereocenters. The number of hydrogen-bond acceptors (Lipinski definition) is 4. The molecule has 0 radical (unpaired) electrons. The Morgan fingerprint density at radius 1 is 1.33 bits per heavy atom. The predicted molar refractivity (Wildman–Crippen MR) is 73.3 cm³/mol. The van der Waals surface area contributed by atoms with Crippen molar-refractivity contribution >= 4 is 12.0 Å². The minimum atomic E-state index is 0.166. The maximum Gasteiger partial charge on any atom is 0.121 e. The molecule has 1 fully saturated rings. The van der Waals surface area contributed by atoms with Gasteiger partial charge in [-0.15, -0.1) is 0 Å². The number of carbonyl (C=O) groups excluding carboxylic acids is 1. The molecule has 0 amide bonds. The molecule has 1 aromatic rings. The number of carbonyl (C=O) groups is 1. The molecule has 0 aliphatic carbocycles. The number of likely N-dealkylation sites (N-methyl/N-ethyl adjacent to an activating group) is 1. The van der Waals surface area contributed by atoms with E-state index in [0.29, 0.717) is 6.42 Å². The summed E-state index contributed by atoms with van der Waals surface area (Å²) in [6, 6.07) is 8.04. The molecule has 2 N–H and O–H groups in total. The first-order chi connectivity index (χ1) is 8.70. The quantitative estimate of drug-likeness (QED) is 0.640. The van der Waals surface area contributed by atoms with Gasteiger partial charge in [0.05, 0.1) is 0 Å². The number of piperazine rings is 1. The average molecular weight is 247 g/mol. The third kappa shape index (κ3) is 3.09. The summed E-state index contributed by atoms with van der Waals surface area (Å²) >= 11 is 0. The average Bonchev–Trinajstić information content (AvgIpc) is 2.37. The standard InChI is InChI=1S/C14H21N3O/c1-16-6-8-17(9-7-16)14(5-10-18)12-3-2-4-13(15)11-12/h2-4,10-11,14H,5-9,15H2,1H3. The van der Waals surface area contributed by atoms with Crippen LogP contribution in [0.25, 0.3) is 0 Å². The first kappa shape index (κ1) is 13.1. The van der Waals surface area contributed by atoms with Gasteiger partial charge in [-0.1, -0.05) is 12.1 Å². The Kier molecular flexibility index (Phi) is 4.33. The third-order valence-electron chi connectivity index (χ3n) is 3.59. The monoisotopic (exact) mass is 247 g/mol. The number of aldehydes is 1. The first-order valence-electron chi connectivity index (χ1n) is 6.42. The topological polar surface area (TPSA) is 49.6 Å². The van der Waals surface area contributed by atoms with Crippen LogP contribution in [0.4, 0.5) is 5.69 Å². The van der Waals surface area contributed by atoms with Gasteiger partial charge in [0.2, 0.25) is 0 Å². The Morgan fingerprint density at radius 3 is 2.67 bits per heavy atom. The Bertz CT molecular complexity index is 400. The van der Waals surface area contributed by atoms with Crippen LogP contribution < -0.4 is 5.73 Å². The highest BCUT2D eigenvalue weighted by Gasteiger charge is 2.23. The van der Waals surface area contributed by atoms with E-state index in [-0.39, 0.29) is 6.04 Å². The molecule has 18 heavy (non-hydrogen) atoms. The zero-order valence-corrected chi connectivity index (χ0v) is 10.9. The van der Waals surface area contributed by atoms with Crippen LogP contribution in [0.1, 0.15) is 18.0 Å². The molecule has 4 nitrogen and oxygen atoms in total. The molecule has 1 aliphatic heterocycles. The lowest BCUT2D eigenvalue weighted by atomic mass is 10.0. The molecular weight excluding hydrogens is 226 g/mol. The lowest BCUT2D eigenvalue weighted by Gasteiger charge is -2.37. The van der Waals surface area contributed by atoms with Crippen LogP contribution in [-0.4, -0.2) is 49.3 Å². The van der Waals surface area contributed by atoms with E-state index in [9.17, 15) is 4.79 Å². The van der Waals surface area contributed by atoms with E-state index in [1.165, 1.54) is 0 Å². The molecular formula is C14H21N3O. The molecule has 4 heteroatoms. The minimum Gasteiger partial charge on any atom is -0.399 e. The molecule has 1 aromatic carbocycles. The Labute approximate surface area is 108 Å². The van der Waals surface area contributed by atoms with Gasteiger partial charge in [-0.2, -0.15) is 0 Å². The number of anilines is 1. The normalized spacial score (nSPS) is 19.6. The van der Waals surface area contributed by atoms with Gasteiger partial charge in [0, 0.05) is 44.3 Å². The minimum absolute atomic E-state index is 0.166. The summed E-state index contributed by atoms with van der Waals surface area (Å²) in [5, 5.41) is 0. The first-order valence-corrected chi connectivity index (χ1v) is 6.42. The molecule has 1 unspecified atom stereocenters. The van der Waals surface area contributed by atoms with E-state index in [4.69, 9.17) is 5.73 Å². The van der Waals surface area contributed by atoms with Crippen LogP contribution >= 0.6 is 0 Å². The van der Waals surface area contributed by atoms with E-state index in [1.54, 1.807) is 0 Å². The van der Waals surface area contributed by atoms with Crippen molar-refractivity contribution in [2.24, 2.45) is 0 Å². The summed E-state index contributed by atoms with van der Waals surface area (Å²) < 4.78 is 0. The number of hydrogen-bond donors (Lipinski definition) is 1. The van der Waals surface area contributed by atoms with Crippen LogP contribution in [0.2, 0.25) is 0 Å². The molecule has 0 saturated carbocycles. The van der Waals surface area contributed by atoms with Crippen molar-refractivity contribution in [3.05, 3.63) is 29.8 Å². The van der Waals surface area contributed by atoms with Gasteiger partial charge in [-0.25, -0.2) is 0 Å². The summed E-state index contributed by atoms with van der Waals surface area (Å²) in [5.74, 6) is 0. The van der Waals surface area contributed by atoms with Crippen molar-refractivity contribution in [1.29, 1.82) is 0 Å². The van der Waals surface area contributed by atoms with Gasteiger partial charge in [-0.3, -0.25) is 4.90 Å². The van der Waals surface area contributed by atoms with Gasteiger partial charge in [0.1, 0.15) is 6.29 Å². The predicted octanol–water partition coefficient (Wildman–Crippen LogP) is 1.15. The number of nitrogen functional groups attached to an aromatic ring is 1. The van der Waals surface area contributed by atoms with E-state index in [1.807, 2.05) is 18.2 Å². The molecule has 0 spiro atoms. The van der Waals surface area contributed by atoms with E-state index in [0.717, 1.165) is 43.7 Å². The van der Waals surface area contributed by atoms with E-state index < -0.39 is 0 Å². The van der Waals surface area contributed by atoms with Crippen molar-refractivity contribution < 1.29 is 4.79 Å². The summed E-state index contributed by atoms with van der Waals surface area (Å²) in [7, 11) is 2.13. The Balaban J connectivity index is 2.15. The fraction of sp³-hybridized carbons (Fsp3) is 0.500. The lowest BCUT2D eigenvalue weighted by Crippen LogP contribution is -2.46. The maximum atomic E-state index is 10.9. The second-order valence-electron chi connectivity index (χ2n) is 4.93. The highest BCUT2D eigenvalue weighted by molar-refractivity contribution is 5.52. The number of rotatable bonds is 4. The van der Waals surface area contributed by atoms with Gasteiger partial charge in [-0.05, 0) is 24.7 Å². The molecule has 1 aliphatic rings. The molecule has 0 bridgehead atoms. The van der Waals surface area contributed by atoms with Crippen molar-refractivity contribution in [3.63, 3.8) is 0 Å². The third-order valence-corrected chi connectivity index (χ3v) is 3.59. The zero-order valence-electron chi connectivity index (χ0n) is 10.9. The molecule has 0 aromatic heterocycles. The van der Waals surface area contributed by atoms with Crippen LogP contribution in [0.3, 0.4) is 0 Å². The molecule has 2 rings (SSSR count). The SMILES string of the molecule is CN1CCN(C(CC=O)c2cccc(N)c2)CC1. The Hall–Kier alpha value is -1.39. The smallest absolute Gasteiger partial charge is 0.121 e. The van der Waals surface area contributed by atoms with Crippen molar-refractivity contribution in [3.8, 4) is 0 Å². The molecule has 1 heterocycles. The molecule has 1 saturated heterocycles. The summed E-state index contributed by atoms with van der Waals surface area (Å²) in [5.41, 5.74) is 7.74. The maximum absolute atomic E-state index is 10.9. The summed E-state index contributed by atoms with van der Waals surface area (Å²) in [6.45, 7) is 4.11. The van der Waals surface area contributed by atoms with Crippen LogP contribution in [0, 0.1) is 0 Å². The summed E-state index contributed by atoms with van der Waals surface area (Å²) in [6.07, 6.45) is 1.54. The van der Waals surface area contributed by atoms with Gasteiger partial charge >= 0.3 is 0 Å². The fourth-order valence-corrected chi connectivity index (χ4v) is 2.49. The highest BCUT2D eigenvalue weighted by atomic mass is 16.1. The van der Waals surface area contributed by atoms with E-state index >= 15 is 0 Å². The van der Waals surface area contributed by atoms with Gasteiger partial charge in [0.25, 0.3) is 0 Å². The van der Waals surface area contributed by atoms with Crippen LogP contribution in [0.15, 0.2) is 24.3 Å². The fourth-order valence-electron chi connectivity index (χ4n) is 2.49. The van der Waals surface area contributed by atoms with Crippen molar-refractivity contribution in [1.82, 2.24) is 9.80 Å². The molecule has 98 valence electrons. The largest absolute Gasteiger partial charge is 0.399 e. The number of nitrogens with zero attached hydrogens (tertiary/aromatic N) is 2. The van der Waals surface area contributed by atoms with Gasteiger partial charge < -0.3 is 15.4 Å². The second kappa shape index (κ2) is 5.98. The summed E-state index contributed by atoms with van der Waals surface area (Å²) in [4.78, 5) is 15.6. The second-order valence-corrected chi connectivity index (χ2v) is 4.93. The van der Waals surface area contributed by atoms with Gasteiger partial charge in [0.15, 0.2) is 0 Å². The van der Waals surface area contributed by atoms with Crippen LogP contribution in [0.5, 0.6) is 0 Å². The number of nitrogens with two attached hydrogens (primary N) is 1. The lowest BCUT2D eigenvalue weighted by molar-refractivity contribution is -0.109. The van der Waals surface area contributed by atoms with E-state index in [2.05, 4.69) is 22.9 Å².